The van der Waals surface area contributed by atoms with E-state index in [1.165, 1.54) is 6.08 Å². The summed E-state index contributed by atoms with van der Waals surface area (Å²) in [5, 5.41) is 4.24. The number of nitrogens with one attached hydrogen (secondary N) is 1. The molecule has 0 unspecified atom stereocenters. The Morgan fingerprint density at radius 1 is 1.21 bits per heavy atom. The summed E-state index contributed by atoms with van der Waals surface area (Å²) in [4.78, 5) is 16.5. The molecule has 0 aliphatic rings. The van der Waals surface area contributed by atoms with Gasteiger partial charge in [0.05, 0.1) is 17.6 Å². The molecule has 0 spiro atoms. The minimum absolute atomic E-state index is 0.246. The molecule has 5 heteroatoms. The van der Waals surface area contributed by atoms with E-state index in [1.54, 1.807) is 37.6 Å². The Hall–Kier alpha value is -2.85. The number of methoxy groups -OCH3 is 1. The first-order valence-corrected chi connectivity index (χ1v) is 7.71. The molecule has 24 heavy (non-hydrogen) atoms. The van der Waals surface area contributed by atoms with Crippen LogP contribution in [0.4, 0.5) is 5.69 Å². The van der Waals surface area contributed by atoms with Gasteiger partial charge in [-0.1, -0.05) is 35.9 Å². The van der Waals surface area contributed by atoms with Crippen LogP contribution in [0.3, 0.4) is 0 Å². The van der Waals surface area contributed by atoms with Crippen molar-refractivity contribution in [1.29, 1.82) is 0 Å². The molecule has 2 aromatic carbocycles. The maximum absolute atomic E-state index is 12.1. The zero-order chi connectivity index (χ0) is 16.9. The number of benzene rings is 2. The van der Waals surface area contributed by atoms with Crippen molar-refractivity contribution >= 4 is 40.2 Å². The Balaban J connectivity index is 1.76. The zero-order valence-electron chi connectivity index (χ0n) is 13.0. The molecule has 3 aromatic rings. The van der Waals surface area contributed by atoms with Crippen molar-refractivity contribution in [3.8, 4) is 5.75 Å². The zero-order valence-corrected chi connectivity index (χ0v) is 13.7. The number of carbonyl (C=O) groups is 1. The normalized spacial score (nSPS) is 10.9. The molecule has 0 fully saturated rings. The molecule has 1 N–H and O–H groups in total. The third-order valence-electron chi connectivity index (χ3n) is 3.50. The molecule has 0 saturated heterocycles. The Labute approximate surface area is 144 Å². The molecular weight excluding hydrogens is 324 g/mol. The van der Waals surface area contributed by atoms with Gasteiger partial charge in [0.15, 0.2) is 0 Å². The molecule has 0 aliphatic heterocycles. The number of carbonyl (C=O) groups excluding carboxylic acids is 1. The maximum atomic E-state index is 12.1. The van der Waals surface area contributed by atoms with Gasteiger partial charge in [0, 0.05) is 28.9 Å². The van der Waals surface area contributed by atoms with E-state index in [1.807, 2.05) is 30.3 Å². The van der Waals surface area contributed by atoms with Gasteiger partial charge in [0.2, 0.25) is 5.91 Å². The van der Waals surface area contributed by atoms with Gasteiger partial charge < -0.3 is 10.1 Å². The van der Waals surface area contributed by atoms with E-state index in [4.69, 9.17) is 16.3 Å². The second-order valence-corrected chi connectivity index (χ2v) is 5.50. The number of pyridine rings is 1. The van der Waals surface area contributed by atoms with E-state index in [0.717, 1.165) is 16.5 Å². The molecule has 3 rings (SSSR count). The number of hydrogen-bond acceptors (Lipinski definition) is 3. The number of rotatable bonds is 4. The molecule has 0 saturated carbocycles. The third-order valence-corrected chi connectivity index (χ3v) is 3.79. The topological polar surface area (TPSA) is 51.2 Å². The van der Waals surface area contributed by atoms with Crippen LogP contribution in [0, 0.1) is 0 Å². The van der Waals surface area contributed by atoms with Crippen LogP contribution >= 0.6 is 11.6 Å². The summed E-state index contributed by atoms with van der Waals surface area (Å²) >= 11 is 6.05. The first-order valence-electron chi connectivity index (χ1n) is 7.34. The summed E-state index contributed by atoms with van der Waals surface area (Å²) in [6, 6.07) is 14.8. The Morgan fingerprint density at radius 3 is 2.83 bits per heavy atom. The molecule has 4 nitrogen and oxygen atoms in total. The SMILES string of the molecule is COc1ccc(NC(=O)C=Cc2cccc3cccnc23)cc1Cl. The lowest BCUT2D eigenvalue weighted by Gasteiger charge is -2.06. The molecule has 1 heterocycles. The standard InChI is InChI=1S/C19H15ClN2O2/c1-24-17-9-8-15(12-16(17)20)22-18(23)10-7-14-5-2-4-13-6-3-11-21-19(13)14/h2-12H,1H3,(H,22,23). The molecular formula is C19H15ClN2O2. The minimum Gasteiger partial charge on any atom is -0.495 e. The molecule has 1 amide bonds. The van der Waals surface area contributed by atoms with Crippen molar-refractivity contribution in [3.05, 3.63) is 71.4 Å². The summed E-state index contributed by atoms with van der Waals surface area (Å²) in [7, 11) is 1.54. The van der Waals surface area contributed by atoms with Crippen LogP contribution < -0.4 is 10.1 Å². The lowest BCUT2D eigenvalue weighted by Crippen LogP contribution is -2.07. The lowest BCUT2D eigenvalue weighted by molar-refractivity contribution is -0.111. The minimum atomic E-state index is -0.246. The lowest BCUT2D eigenvalue weighted by atomic mass is 10.1. The number of aromatic nitrogens is 1. The van der Waals surface area contributed by atoms with E-state index >= 15 is 0 Å². The molecule has 1 aromatic heterocycles. The molecule has 0 bridgehead atoms. The number of amides is 1. The fraction of sp³-hybridized carbons (Fsp3) is 0.0526. The number of anilines is 1. The van der Waals surface area contributed by atoms with E-state index < -0.39 is 0 Å². The second kappa shape index (κ2) is 7.15. The summed E-state index contributed by atoms with van der Waals surface area (Å²) in [5.41, 5.74) is 2.35. The summed E-state index contributed by atoms with van der Waals surface area (Å²) < 4.78 is 5.09. The smallest absolute Gasteiger partial charge is 0.248 e. The van der Waals surface area contributed by atoms with Crippen molar-refractivity contribution in [2.45, 2.75) is 0 Å². The highest BCUT2D eigenvalue weighted by atomic mass is 35.5. The van der Waals surface area contributed by atoms with Crippen LogP contribution in [0.15, 0.2) is 60.8 Å². The number of hydrogen-bond donors (Lipinski definition) is 1. The monoisotopic (exact) mass is 338 g/mol. The van der Waals surface area contributed by atoms with E-state index in [0.29, 0.717) is 16.5 Å². The van der Waals surface area contributed by atoms with E-state index in [2.05, 4.69) is 10.3 Å². The average Bonchev–Trinajstić information content (AvgIpc) is 2.60. The Morgan fingerprint density at radius 2 is 2.04 bits per heavy atom. The van der Waals surface area contributed by atoms with Gasteiger partial charge >= 0.3 is 0 Å². The fourth-order valence-corrected chi connectivity index (χ4v) is 2.61. The van der Waals surface area contributed by atoms with Gasteiger partial charge in [0.25, 0.3) is 0 Å². The first kappa shape index (κ1) is 16.0. The van der Waals surface area contributed by atoms with Crippen LogP contribution in [-0.2, 0) is 4.79 Å². The highest BCUT2D eigenvalue weighted by Gasteiger charge is 2.04. The van der Waals surface area contributed by atoms with Crippen molar-refractivity contribution in [2.75, 3.05) is 12.4 Å². The quantitative estimate of drug-likeness (QED) is 0.710. The predicted octanol–water partition coefficient (Wildman–Crippen LogP) is 4.55. The van der Waals surface area contributed by atoms with Gasteiger partial charge in [-0.05, 0) is 30.3 Å². The number of nitrogens with zero attached hydrogens (tertiary/aromatic N) is 1. The van der Waals surface area contributed by atoms with Gasteiger partial charge in [-0.3, -0.25) is 9.78 Å². The predicted molar refractivity (Wildman–Crippen MR) is 97.4 cm³/mol. The van der Waals surface area contributed by atoms with E-state index in [9.17, 15) is 4.79 Å². The summed E-state index contributed by atoms with van der Waals surface area (Å²) in [5.74, 6) is 0.316. The van der Waals surface area contributed by atoms with Crippen LogP contribution in [0.1, 0.15) is 5.56 Å². The summed E-state index contributed by atoms with van der Waals surface area (Å²) in [6.45, 7) is 0. The van der Waals surface area contributed by atoms with E-state index in [-0.39, 0.29) is 5.91 Å². The molecule has 0 radical (unpaired) electrons. The summed E-state index contributed by atoms with van der Waals surface area (Å²) in [6.07, 6.45) is 4.95. The first-order chi connectivity index (χ1) is 11.7. The van der Waals surface area contributed by atoms with Crippen molar-refractivity contribution in [1.82, 2.24) is 4.98 Å². The van der Waals surface area contributed by atoms with Crippen molar-refractivity contribution < 1.29 is 9.53 Å². The Kier molecular flexibility index (Phi) is 4.77. The van der Waals surface area contributed by atoms with Crippen molar-refractivity contribution in [2.24, 2.45) is 0 Å². The van der Waals surface area contributed by atoms with Crippen LogP contribution in [0.25, 0.3) is 17.0 Å². The Bertz CT molecular complexity index is 917. The highest BCUT2D eigenvalue weighted by molar-refractivity contribution is 6.32. The molecule has 0 atom stereocenters. The third kappa shape index (κ3) is 3.55. The second-order valence-electron chi connectivity index (χ2n) is 5.09. The number of halogens is 1. The highest BCUT2D eigenvalue weighted by Crippen LogP contribution is 2.27. The fourth-order valence-electron chi connectivity index (χ4n) is 2.36. The van der Waals surface area contributed by atoms with Gasteiger partial charge in [-0.2, -0.15) is 0 Å². The number of ether oxygens (including phenoxy) is 1. The largest absolute Gasteiger partial charge is 0.495 e. The van der Waals surface area contributed by atoms with Gasteiger partial charge in [-0.25, -0.2) is 0 Å². The van der Waals surface area contributed by atoms with Crippen LogP contribution in [0.5, 0.6) is 5.75 Å². The average molecular weight is 339 g/mol. The molecule has 120 valence electrons. The van der Waals surface area contributed by atoms with Crippen LogP contribution in [-0.4, -0.2) is 18.0 Å². The molecule has 0 aliphatic carbocycles. The number of fused-ring (bicyclic) bond motifs is 1. The maximum Gasteiger partial charge on any atom is 0.248 e. The van der Waals surface area contributed by atoms with Crippen molar-refractivity contribution in [3.63, 3.8) is 0 Å². The van der Waals surface area contributed by atoms with Gasteiger partial charge in [-0.15, -0.1) is 0 Å². The van der Waals surface area contributed by atoms with Gasteiger partial charge in [0.1, 0.15) is 5.75 Å². The van der Waals surface area contributed by atoms with Crippen LogP contribution in [0.2, 0.25) is 5.02 Å². The number of para-hydroxylation sites is 1.